The van der Waals surface area contributed by atoms with E-state index in [1.165, 1.54) is 19.3 Å². The van der Waals surface area contributed by atoms with Crippen LogP contribution in [0.1, 0.15) is 54.1 Å². The van der Waals surface area contributed by atoms with Gasteiger partial charge in [0, 0.05) is 17.2 Å². The van der Waals surface area contributed by atoms with Crippen molar-refractivity contribution in [3.63, 3.8) is 0 Å². The summed E-state index contributed by atoms with van der Waals surface area (Å²) in [4.78, 5) is 16.8. The van der Waals surface area contributed by atoms with Gasteiger partial charge < -0.3 is 10.5 Å². The lowest BCUT2D eigenvalue weighted by molar-refractivity contribution is 0.100. The molecule has 0 bridgehead atoms. The number of amides is 1. The van der Waals surface area contributed by atoms with E-state index in [9.17, 15) is 4.79 Å². The van der Waals surface area contributed by atoms with Crippen molar-refractivity contribution < 1.29 is 9.53 Å². The number of rotatable bonds is 5. The van der Waals surface area contributed by atoms with Gasteiger partial charge in [-0.3, -0.25) is 9.78 Å². The molecule has 28 heavy (non-hydrogen) atoms. The van der Waals surface area contributed by atoms with Gasteiger partial charge in [-0.2, -0.15) is 0 Å². The molecule has 1 aromatic heterocycles. The zero-order valence-corrected chi connectivity index (χ0v) is 15.8. The second-order valence-electron chi connectivity index (χ2n) is 7.27. The van der Waals surface area contributed by atoms with Gasteiger partial charge in [0.05, 0.1) is 11.3 Å². The maximum atomic E-state index is 11.9. The van der Waals surface area contributed by atoms with Crippen LogP contribution in [-0.4, -0.2) is 10.9 Å². The Kier molecular flexibility index (Phi) is 5.38. The Morgan fingerprint density at radius 3 is 2.21 bits per heavy atom. The number of carbonyl (C=O) groups excluding carboxylic acids is 1. The zero-order chi connectivity index (χ0) is 19.3. The van der Waals surface area contributed by atoms with Crippen molar-refractivity contribution in [2.24, 2.45) is 5.73 Å². The lowest BCUT2D eigenvalue weighted by Crippen LogP contribution is -2.15. The van der Waals surface area contributed by atoms with Crippen LogP contribution in [0.2, 0.25) is 0 Å². The Morgan fingerprint density at radius 1 is 0.857 bits per heavy atom. The Balaban J connectivity index is 1.63. The van der Waals surface area contributed by atoms with Crippen LogP contribution in [-0.2, 0) is 0 Å². The molecule has 2 N–H and O–H groups in total. The largest absolute Gasteiger partial charge is 0.457 e. The summed E-state index contributed by atoms with van der Waals surface area (Å²) in [5, 5.41) is 0. The number of carbonyl (C=O) groups is 1. The molecule has 1 aliphatic rings. The molecule has 0 unspecified atom stereocenters. The van der Waals surface area contributed by atoms with Gasteiger partial charge >= 0.3 is 0 Å². The molecule has 1 amide bonds. The van der Waals surface area contributed by atoms with Crippen molar-refractivity contribution in [1.29, 1.82) is 0 Å². The monoisotopic (exact) mass is 372 g/mol. The Morgan fingerprint density at radius 2 is 1.54 bits per heavy atom. The summed E-state index contributed by atoms with van der Waals surface area (Å²) in [5.41, 5.74) is 8.65. The standard InChI is InChI=1S/C24H24N2O2/c25-24(27)21-15-16-22(17-7-3-1-4-8-17)26-23(21)18-11-13-20(14-12-18)28-19-9-5-2-6-10-19/h2,5-6,9-17H,1,3-4,7-8H2,(H2,25,27). The summed E-state index contributed by atoms with van der Waals surface area (Å²) in [5.74, 6) is 1.53. The molecular weight excluding hydrogens is 348 g/mol. The normalized spacial score (nSPS) is 14.6. The van der Waals surface area contributed by atoms with Gasteiger partial charge in [0.2, 0.25) is 0 Å². The van der Waals surface area contributed by atoms with Gasteiger partial charge in [-0.05, 0) is 61.4 Å². The van der Waals surface area contributed by atoms with Gasteiger partial charge in [-0.15, -0.1) is 0 Å². The molecule has 0 radical (unpaired) electrons. The number of benzene rings is 2. The number of para-hydroxylation sites is 1. The van der Waals surface area contributed by atoms with Crippen molar-refractivity contribution in [3.8, 4) is 22.8 Å². The molecule has 1 saturated carbocycles. The Labute approximate surface area is 165 Å². The van der Waals surface area contributed by atoms with Crippen molar-refractivity contribution >= 4 is 5.91 Å². The van der Waals surface area contributed by atoms with E-state index in [0.29, 0.717) is 17.2 Å². The predicted octanol–water partition coefficient (Wildman–Crippen LogP) is 5.69. The third kappa shape index (κ3) is 4.06. The van der Waals surface area contributed by atoms with Crippen LogP contribution in [0.5, 0.6) is 11.5 Å². The molecule has 0 saturated heterocycles. The minimum absolute atomic E-state index is 0.455. The molecule has 0 atom stereocenters. The fourth-order valence-corrected chi connectivity index (χ4v) is 3.82. The van der Waals surface area contributed by atoms with Crippen LogP contribution in [0.15, 0.2) is 66.7 Å². The molecule has 1 aliphatic carbocycles. The molecule has 142 valence electrons. The number of pyridine rings is 1. The number of nitrogens with zero attached hydrogens (tertiary/aromatic N) is 1. The first-order valence-corrected chi connectivity index (χ1v) is 9.85. The molecule has 3 aromatic rings. The highest BCUT2D eigenvalue weighted by atomic mass is 16.5. The van der Waals surface area contributed by atoms with E-state index in [0.717, 1.165) is 35.6 Å². The van der Waals surface area contributed by atoms with Gasteiger partial charge in [0.25, 0.3) is 5.91 Å². The molecule has 2 aromatic carbocycles. The maximum absolute atomic E-state index is 11.9. The molecule has 0 spiro atoms. The van der Waals surface area contributed by atoms with Crippen molar-refractivity contribution in [3.05, 3.63) is 78.0 Å². The maximum Gasteiger partial charge on any atom is 0.250 e. The number of hydrogen-bond donors (Lipinski definition) is 1. The second-order valence-corrected chi connectivity index (χ2v) is 7.27. The number of primary amides is 1. The molecule has 1 heterocycles. The number of ether oxygens (including phenoxy) is 1. The highest BCUT2D eigenvalue weighted by Crippen LogP contribution is 2.34. The van der Waals surface area contributed by atoms with E-state index in [2.05, 4.69) is 0 Å². The summed E-state index contributed by atoms with van der Waals surface area (Å²) >= 11 is 0. The lowest BCUT2D eigenvalue weighted by Gasteiger charge is -2.22. The SMILES string of the molecule is NC(=O)c1ccc(C2CCCCC2)nc1-c1ccc(Oc2ccccc2)cc1. The first-order valence-electron chi connectivity index (χ1n) is 9.85. The fourth-order valence-electron chi connectivity index (χ4n) is 3.82. The van der Waals surface area contributed by atoms with Crippen molar-refractivity contribution in [2.75, 3.05) is 0 Å². The topological polar surface area (TPSA) is 65.2 Å². The summed E-state index contributed by atoms with van der Waals surface area (Å²) in [7, 11) is 0. The van der Waals surface area contributed by atoms with Crippen molar-refractivity contribution in [2.45, 2.75) is 38.0 Å². The average molecular weight is 372 g/mol. The molecule has 1 fully saturated rings. The smallest absolute Gasteiger partial charge is 0.250 e. The first-order chi connectivity index (χ1) is 13.7. The minimum atomic E-state index is -0.456. The summed E-state index contributed by atoms with van der Waals surface area (Å²) in [6, 6.07) is 21.1. The second kappa shape index (κ2) is 8.26. The van der Waals surface area contributed by atoms with Crippen LogP contribution in [0.4, 0.5) is 0 Å². The first kappa shape index (κ1) is 18.2. The zero-order valence-electron chi connectivity index (χ0n) is 15.8. The van der Waals surface area contributed by atoms with E-state index in [1.54, 1.807) is 0 Å². The Bertz CT molecular complexity index is 946. The van der Waals surface area contributed by atoms with E-state index in [-0.39, 0.29) is 0 Å². The predicted molar refractivity (Wildman–Crippen MR) is 111 cm³/mol. The minimum Gasteiger partial charge on any atom is -0.457 e. The van der Waals surface area contributed by atoms with Gasteiger partial charge in [-0.1, -0.05) is 37.5 Å². The number of aromatic nitrogens is 1. The highest BCUT2D eigenvalue weighted by Gasteiger charge is 2.20. The van der Waals surface area contributed by atoms with Gasteiger partial charge in [-0.25, -0.2) is 0 Å². The number of hydrogen-bond acceptors (Lipinski definition) is 3. The van der Waals surface area contributed by atoms with Gasteiger partial charge in [0.15, 0.2) is 0 Å². The van der Waals surface area contributed by atoms with E-state index in [4.69, 9.17) is 15.5 Å². The molecule has 4 heteroatoms. The average Bonchev–Trinajstić information content (AvgIpc) is 2.75. The van der Waals surface area contributed by atoms with E-state index >= 15 is 0 Å². The lowest BCUT2D eigenvalue weighted by atomic mass is 9.86. The molecule has 0 aliphatic heterocycles. The quantitative estimate of drug-likeness (QED) is 0.626. The summed E-state index contributed by atoms with van der Waals surface area (Å²) in [6.45, 7) is 0. The number of nitrogens with two attached hydrogens (primary N) is 1. The van der Waals surface area contributed by atoms with Crippen LogP contribution in [0.3, 0.4) is 0 Å². The summed E-state index contributed by atoms with van der Waals surface area (Å²) < 4.78 is 5.85. The summed E-state index contributed by atoms with van der Waals surface area (Å²) in [6.07, 6.45) is 6.10. The van der Waals surface area contributed by atoms with Crippen LogP contribution < -0.4 is 10.5 Å². The fraction of sp³-hybridized carbons (Fsp3) is 0.250. The molecule has 4 nitrogen and oxygen atoms in total. The highest BCUT2D eigenvalue weighted by molar-refractivity contribution is 5.98. The van der Waals surface area contributed by atoms with Crippen LogP contribution >= 0.6 is 0 Å². The van der Waals surface area contributed by atoms with Gasteiger partial charge in [0.1, 0.15) is 11.5 Å². The van der Waals surface area contributed by atoms with E-state index in [1.807, 2.05) is 66.7 Å². The molecular formula is C24H24N2O2. The Hall–Kier alpha value is -3.14. The third-order valence-electron chi connectivity index (χ3n) is 5.31. The van der Waals surface area contributed by atoms with E-state index < -0.39 is 5.91 Å². The van der Waals surface area contributed by atoms with Crippen LogP contribution in [0, 0.1) is 0 Å². The van der Waals surface area contributed by atoms with Crippen molar-refractivity contribution in [1.82, 2.24) is 4.98 Å². The molecule has 4 rings (SSSR count). The third-order valence-corrected chi connectivity index (χ3v) is 5.31. The van der Waals surface area contributed by atoms with Crippen LogP contribution in [0.25, 0.3) is 11.3 Å².